The van der Waals surface area contributed by atoms with Crippen LogP contribution in [0.5, 0.6) is 0 Å². The minimum absolute atomic E-state index is 0.226. The molecule has 1 fully saturated rings. The molecule has 0 amide bonds. The summed E-state index contributed by atoms with van der Waals surface area (Å²) in [6, 6.07) is 0. The predicted molar refractivity (Wildman–Crippen MR) is 49.1 cm³/mol. The van der Waals surface area contributed by atoms with E-state index in [1.54, 1.807) is 6.92 Å². The van der Waals surface area contributed by atoms with Gasteiger partial charge >= 0.3 is 0 Å². The van der Waals surface area contributed by atoms with E-state index in [2.05, 4.69) is 10.6 Å². The van der Waals surface area contributed by atoms with Gasteiger partial charge in [0, 0.05) is 0 Å². The third-order valence-electron chi connectivity index (χ3n) is 2.27. The minimum atomic E-state index is 0.226. The van der Waals surface area contributed by atoms with Crippen molar-refractivity contribution in [2.75, 3.05) is 26.2 Å². The van der Waals surface area contributed by atoms with Gasteiger partial charge in [0.05, 0.1) is 6.54 Å². The Labute approximate surface area is 73.9 Å². The maximum Gasteiger partial charge on any atom is 0.143 e. The third kappa shape index (κ3) is 3.83. The fourth-order valence-corrected chi connectivity index (χ4v) is 1.54. The summed E-state index contributed by atoms with van der Waals surface area (Å²) >= 11 is 0. The summed E-state index contributed by atoms with van der Waals surface area (Å²) < 4.78 is 0. The van der Waals surface area contributed by atoms with Crippen molar-refractivity contribution < 1.29 is 4.79 Å². The second-order valence-electron chi connectivity index (χ2n) is 3.53. The van der Waals surface area contributed by atoms with Crippen LogP contribution in [0.25, 0.3) is 0 Å². The maximum atomic E-state index is 10.6. The van der Waals surface area contributed by atoms with Crippen molar-refractivity contribution in [3.63, 3.8) is 0 Å². The number of rotatable bonds is 4. The van der Waals surface area contributed by atoms with Gasteiger partial charge in [0.25, 0.3) is 0 Å². The molecule has 12 heavy (non-hydrogen) atoms. The molecule has 1 saturated heterocycles. The largest absolute Gasteiger partial charge is 0.317 e. The maximum absolute atomic E-state index is 10.6. The summed E-state index contributed by atoms with van der Waals surface area (Å²) in [7, 11) is 0. The van der Waals surface area contributed by atoms with Crippen molar-refractivity contribution in [3.8, 4) is 0 Å². The molecule has 0 radical (unpaired) electrons. The zero-order valence-corrected chi connectivity index (χ0v) is 7.73. The Bertz CT molecular complexity index is 141. The second kappa shape index (κ2) is 5.27. The van der Waals surface area contributed by atoms with Crippen LogP contribution >= 0.6 is 0 Å². The first-order valence-corrected chi connectivity index (χ1v) is 4.70. The summed E-state index contributed by atoms with van der Waals surface area (Å²) in [5.74, 6) is 0.995. The van der Waals surface area contributed by atoms with Crippen LogP contribution in [-0.2, 0) is 4.79 Å². The monoisotopic (exact) mass is 170 g/mol. The number of hydrogen-bond acceptors (Lipinski definition) is 3. The van der Waals surface area contributed by atoms with Crippen molar-refractivity contribution in [2.24, 2.45) is 5.92 Å². The van der Waals surface area contributed by atoms with Crippen LogP contribution in [0, 0.1) is 5.92 Å². The molecular weight excluding hydrogens is 152 g/mol. The van der Waals surface area contributed by atoms with Crippen molar-refractivity contribution in [1.82, 2.24) is 10.6 Å². The fraction of sp³-hybridized carbons (Fsp3) is 0.889. The zero-order chi connectivity index (χ0) is 8.81. The lowest BCUT2D eigenvalue weighted by molar-refractivity contribution is -0.116. The van der Waals surface area contributed by atoms with E-state index in [9.17, 15) is 4.79 Å². The molecule has 0 aromatic carbocycles. The molecule has 0 atom stereocenters. The number of carbonyl (C=O) groups excluding carboxylic acids is 1. The topological polar surface area (TPSA) is 41.1 Å². The van der Waals surface area contributed by atoms with Crippen LogP contribution < -0.4 is 10.6 Å². The van der Waals surface area contributed by atoms with E-state index in [1.165, 1.54) is 12.8 Å². The zero-order valence-electron chi connectivity index (χ0n) is 7.73. The Balaban J connectivity index is 2.01. The van der Waals surface area contributed by atoms with Crippen molar-refractivity contribution in [3.05, 3.63) is 0 Å². The van der Waals surface area contributed by atoms with Crippen LogP contribution in [-0.4, -0.2) is 32.0 Å². The van der Waals surface area contributed by atoms with Crippen LogP contribution in [0.4, 0.5) is 0 Å². The average molecular weight is 170 g/mol. The van der Waals surface area contributed by atoms with Gasteiger partial charge in [-0.05, 0) is 45.3 Å². The van der Waals surface area contributed by atoms with Gasteiger partial charge < -0.3 is 10.6 Å². The van der Waals surface area contributed by atoms with E-state index in [4.69, 9.17) is 0 Å². The first-order valence-electron chi connectivity index (χ1n) is 4.70. The number of ketones is 1. The SMILES string of the molecule is CC(=O)CNCC1CCNCC1. The summed E-state index contributed by atoms with van der Waals surface area (Å²) in [5, 5.41) is 6.50. The molecule has 3 heteroatoms. The Morgan fingerprint density at radius 3 is 2.75 bits per heavy atom. The van der Waals surface area contributed by atoms with E-state index < -0.39 is 0 Å². The summed E-state index contributed by atoms with van der Waals surface area (Å²) in [5.41, 5.74) is 0. The molecule has 0 unspecified atom stereocenters. The molecule has 0 bridgehead atoms. The molecule has 0 saturated carbocycles. The number of piperidine rings is 1. The molecule has 70 valence electrons. The van der Waals surface area contributed by atoms with Gasteiger partial charge in [0.2, 0.25) is 0 Å². The number of carbonyl (C=O) groups is 1. The first-order chi connectivity index (χ1) is 5.79. The Hall–Kier alpha value is -0.410. The van der Waals surface area contributed by atoms with Crippen molar-refractivity contribution in [2.45, 2.75) is 19.8 Å². The quantitative estimate of drug-likeness (QED) is 0.631. The first kappa shape index (κ1) is 9.68. The average Bonchev–Trinajstić information content (AvgIpc) is 2.05. The van der Waals surface area contributed by atoms with E-state index in [0.717, 1.165) is 25.6 Å². The van der Waals surface area contributed by atoms with Crippen LogP contribution in [0.1, 0.15) is 19.8 Å². The molecule has 0 spiro atoms. The van der Waals surface area contributed by atoms with Gasteiger partial charge in [-0.2, -0.15) is 0 Å². The minimum Gasteiger partial charge on any atom is -0.317 e. The van der Waals surface area contributed by atoms with Crippen molar-refractivity contribution in [1.29, 1.82) is 0 Å². The van der Waals surface area contributed by atoms with E-state index in [-0.39, 0.29) is 5.78 Å². The van der Waals surface area contributed by atoms with Gasteiger partial charge in [-0.3, -0.25) is 4.79 Å². The Morgan fingerprint density at radius 1 is 1.50 bits per heavy atom. The summed E-state index contributed by atoms with van der Waals surface area (Å²) in [4.78, 5) is 10.6. The highest BCUT2D eigenvalue weighted by atomic mass is 16.1. The molecule has 0 aliphatic carbocycles. The molecule has 1 rings (SSSR count). The highest BCUT2D eigenvalue weighted by Gasteiger charge is 2.11. The van der Waals surface area contributed by atoms with Gasteiger partial charge in [-0.1, -0.05) is 0 Å². The lowest BCUT2D eigenvalue weighted by Gasteiger charge is -2.22. The summed E-state index contributed by atoms with van der Waals surface area (Å²) in [6.45, 7) is 5.42. The van der Waals surface area contributed by atoms with Gasteiger partial charge in [0.1, 0.15) is 5.78 Å². The van der Waals surface area contributed by atoms with Gasteiger partial charge in [0.15, 0.2) is 0 Å². The van der Waals surface area contributed by atoms with Crippen LogP contribution in [0.2, 0.25) is 0 Å². The molecule has 0 aromatic heterocycles. The molecule has 2 N–H and O–H groups in total. The van der Waals surface area contributed by atoms with Crippen molar-refractivity contribution >= 4 is 5.78 Å². The Morgan fingerprint density at radius 2 is 2.17 bits per heavy atom. The fourth-order valence-electron chi connectivity index (χ4n) is 1.54. The standard InChI is InChI=1S/C9H18N2O/c1-8(12)6-11-7-9-2-4-10-5-3-9/h9-11H,2-7H2,1H3. The molecule has 1 aliphatic rings. The number of Topliss-reactive ketones (excluding diaryl/α,β-unsaturated/α-hetero) is 1. The van der Waals surface area contributed by atoms with E-state index in [1.807, 2.05) is 0 Å². The molecule has 1 aliphatic heterocycles. The van der Waals surface area contributed by atoms with E-state index in [0.29, 0.717) is 6.54 Å². The van der Waals surface area contributed by atoms with Crippen LogP contribution in [0.3, 0.4) is 0 Å². The summed E-state index contributed by atoms with van der Waals surface area (Å²) in [6.07, 6.45) is 2.48. The molecule has 3 nitrogen and oxygen atoms in total. The Kier molecular flexibility index (Phi) is 4.25. The highest BCUT2D eigenvalue weighted by molar-refractivity contribution is 5.77. The highest BCUT2D eigenvalue weighted by Crippen LogP contribution is 2.09. The van der Waals surface area contributed by atoms with Gasteiger partial charge in [-0.25, -0.2) is 0 Å². The molecule has 1 heterocycles. The van der Waals surface area contributed by atoms with Crippen LogP contribution in [0.15, 0.2) is 0 Å². The predicted octanol–water partition coefficient (Wildman–Crippen LogP) is 0.165. The smallest absolute Gasteiger partial charge is 0.143 e. The molecule has 0 aromatic rings. The number of nitrogens with one attached hydrogen (secondary N) is 2. The third-order valence-corrected chi connectivity index (χ3v) is 2.27. The van der Waals surface area contributed by atoms with E-state index >= 15 is 0 Å². The lowest BCUT2D eigenvalue weighted by atomic mass is 9.98. The second-order valence-corrected chi connectivity index (χ2v) is 3.53. The normalized spacial score (nSPS) is 19.4. The molecular formula is C9H18N2O. The van der Waals surface area contributed by atoms with Gasteiger partial charge in [-0.15, -0.1) is 0 Å². The number of hydrogen-bond donors (Lipinski definition) is 2. The lowest BCUT2D eigenvalue weighted by Crippen LogP contribution is -2.35.